The Bertz CT molecular complexity index is 795. The fourth-order valence-electron chi connectivity index (χ4n) is 4.14. The zero-order valence-electron chi connectivity index (χ0n) is 16.5. The van der Waals surface area contributed by atoms with Crippen LogP contribution in [0.5, 0.6) is 0 Å². The number of hydrogen-bond acceptors (Lipinski definition) is 3. The Morgan fingerprint density at radius 2 is 1.93 bits per heavy atom. The van der Waals surface area contributed by atoms with Gasteiger partial charge in [-0.25, -0.2) is 4.79 Å². The number of benzene rings is 2. The first-order chi connectivity index (χ1) is 13.1. The third-order valence-electron chi connectivity index (χ3n) is 5.39. The smallest absolute Gasteiger partial charge is 0.337 e. The second-order valence-corrected chi connectivity index (χ2v) is 7.70. The van der Waals surface area contributed by atoms with Crippen molar-refractivity contribution in [2.75, 3.05) is 27.7 Å². The van der Waals surface area contributed by atoms with Crippen LogP contribution < -0.4 is 0 Å². The third kappa shape index (κ3) is 5.08. The van der Waals surface area contributed by atoms with E-state index in [9.17, 15) is 4.79 Å². The fraction of sp³-hybridized carbons (Fsp3) is 0.375. The highest BCUT2D eigenvalue weighted by atomic mass is 16.5. The first kappa shape index (κ1) is 19.4. The summed E-state index contributed by atoms with van der Waals surface area (Å²) in [5.41, 5.74) is 4.57. The van der Waals surface area contributed by atoms with Crippen molar-refractivity contribution in [1.82, 2.24) is 4.90 Å². The van der Waals surface area contributed by atoms with Crippen LogP contribution in [-0.4, -0.2) is 38.6 Å². The summed E-state index contributed by atoms with van der Waals surface area (Å²) in [5, 5.41) is 0. The lowest BCUT2D eigenvalue weighted by molar-refractivity contribution is 0.0600. The molecule has 2 aromatic carbocycles. The van der Waals surface area contributed by atoms with Gasteiger partial charge in [0.1, 0.15) is 0 Å². The van der Waals surface area contributed by atoms with Crippen LogP contribution in [-0.2, 0) is 4.74 Å². The Kier molecular flexibility index (Phi) is 6.46. The molecule has 0 spiro atoms. The van der Waals surface area contributed by atoms with Crippen molar-refractivity contribution in [2.24, 2.45) is 5.92 Å². The molecule has 0 aromatic heterocycles. The molecule has 0 heterocycles. The standard InChI is InChI=1S/C24H29NO2/c1-25(2)17-22-13-12-19(16-23(22)20-9-5-4-6-10-20)14-18-8-7-11-21(15-18)24(26)27-3/h4-11,14-15,22-23H,12-13,16-17H2,1-3H3/b19-14+. The number of esters is 1. The number of carbonyl (C=O) groups is 1. The van der Waals surface area contributed by atoms with Gasteiger partial charge in [-0.2, -0.15) is 0 Å². The molecule has 0 aliphatic heterocycles. The lowest BCUT2D eigenvalue weighted by Crippen LogP contribution is -2.29. The van der Waals surface area contributed by atoms with Crippen molar-refractivity contribution in [3.63, 3.8) is 0 Å². The Morgan fingerprint density at radius 3 is 2.63 bits per heavy atom. The van der Waals surface area contributed by atoms with Gasteiger partial charge in [-0.15, -0.1) is 0 Å². The Hall–Kier alpha value is -2.39. The van der Waals surface area contributed by atoms with Crippen molar-refractivity contribution in [2.45, 2.75) is 25.2 Å². The van der Waals surface area contributed by atoms with E-state index in [4.69, 9.17) is 4.74 Å². The van der Waals surface area contributed by atoms with E-state index in [-0.39, 0.29) is 5.97 Å². The predicted octanol–water partition coefficient (Wildman–Crippen LogP) is 5.00. The molecule has 2 aromatic rings. The van der Waals surface area contributed by atoms with E-state index in [1.165, 1.54) is 24.7 Å². The van der Waals surface area contributed by atoms with E-state index in [1.54, 1.807) is 6.07 Å². The van der Waals surface area contributed by atoms with Gasteiger partial charge in [0.25, 0.3) is 0 Å². The molecule has 1 saturated carbocycles. The maximum absolute atomic E-state index is 11.8. The zero-order valence-corrected chi connectivity index (χ0v) is 16.5. The molecule has 1 fully saturated rings. The maximum Gasteiger partial charge on any atom is 0.337 e. The highest BCUT2D eigenvalue weighted by Crippen LogP contribution is 2.41. The molecule has 0 amide bonds. The lowest BCUT2D eigenvalue weighted by atomic mass is 9.73. The molecule has 3 nitrogen and oxygen atoms in total. The van der Waals surface area contributed by atoms with Crippen molar-refractivity contribution < 1.29 is 9.53 Å². The molecule has 0 saturated heterocycles. The van der Waals surface area contributed by atoms with Gasteiger partial charge in [-0.3, -0.25) is 0 Å². The maximum atomic E-state index is 11.8. The van der Waals surface area contributed by atoms with E-state index >= 15 is 0 Å². The van der Waals surface area contributed by atoms with E-state index in [0.29, 0.717) is 17.4 Å². The number of rotatable bonds is 5. The van der Waals surface area contributed by atoms with Crippen LogP contribution in [0.1, 0.15) is 46.7 Å². The van der Waals surface area contributed by atoms with E-state index in [1.807, 2.05) is 12.1 Å². The second kappa shape index (κ2) is 9.01. The minimum atomic E-state index is -0.285. The van der Waals surface area contributed by atoms with Crippen LogP contribution >= 0.6 is 0 Å². The summed E-state index contributed by atoms with van der Waals surface area (Å²) in [6.45, 7) is 1.12. The molecular weight excluding hydrogens is 334 g/mol. The Labute approximate surface area is 162 Å². The summed E-state index contributed by atoms with van der Waals surface area (Å²) in [5.74, 6) is 0.922. The highest BCUT2D eigenvalue weighted by molar-refractivity contribution is 5.90. The average Bonchev–Trinajstić information content (AvgIpc) is 2.69. The molecular formula is C24H29NO2. The van der Waals surface area contributed by atoms with Gasteiger partial charge in [-0.05, 0) is 68.5 Å². The minimum Gasteiger partial charge on any atom is -0.465 e. The average molecular weight is 364 g/mol. The first-order valence-electron chi connectivity index (χ1n) is 9.64. The molecule has 0 N–H and O–H groups in total. The minimum absolute atomic E-state index is 0.285. The van der Waals surface area contributed by atoms with Crippen LogP contribution in [0.3, 0.4) is 0 Å². The Morgan fingerprint density at radius 1 is 1.15 bits per heavy atom. The number of allylic oxidation sites excluding steroid dienone is 1. The first-order valence-corrected chi connectivity index (χ1v) is 9.64. The quantitative estimate of drug-likeness (QED) is 0.700. The molecule has 27 heavy (non-hydrogen) atoms. The van der Waals surface area contributed by atoms with Gasteiger partial charge in [-0.1, -0.05) is 54.1 Å². The van der Waals surface area contributed by atoms with Crippen LogP contribution in [0.2, 0.25) is 0 Å². The van der Waals surface area contributed by atoms with Gasteiger partial charge >= 0.3 is 5.97 Å². The molecule has 0 radical (unpaired) electrons. The van der Waals surface area contributed by atoms with Gasteiger partial charge < -0.3 is 9.64 Å². The topological polar surface area (TPSA) is 29.5 Å². The molecule has 2 unspecified atom stereocenters. The van der Waals surface area contributed by atoms with E-state index < -0.39 is 0 Å². The SMILES string of the molecule is COC(=O)c1cccc(/C=C2\CCC(CN(C)C)C(c3ccccc3)C2)c1. The molecule has 3 rings (SSSR count). The van der Waals surface area contributed by atoms with Gasteiger partial charge in [0, 0.05) is 6.54 Å². The number of carbonyl (C=O) groups excluding carboxylic acids is 1. The van der Waals surface area contributed by atoms with E-state index in [2.05, 4.69) is 61.5 Å². The largest absolute Gasteiger partial charge is 0.465 e. The van der Waals surface area contributed by atoms with Crippen molar-refractivity contribution in [1.29, 1.82) is 0 Å². The third-order valence-corrected chi connectivity index (χ3v) is 5.39. The monoisotopic (exact) mass is 363 g/mol. The molecule has 1 aliphatic rings. The normalized spacial score (nSPS) is 21.4. The number of nitrogens with zero attached hydrogens (tertiary/aromatic N) is 1. The summed E-state index contributed by atoms with van der Waals surface area (Å²) in [6, 6.07) is 18.6. The summed E-state index contributed by atoms with van der Waals surface area (Å²) in [6.07, 6.45) is 5.64. The predicted molar refractivity (Wildman–Crippen MR) is 111 cm³/mol. The van der Waals surface area contributed by atoms with E-state index in [0.717, 1.165) is 24.9 Å². The summed E-state index contributed by atoms with van der Waals surface area (Å²) in [4.78, 5) is 14.1. The lowest BCUT2D eigenvalue weighted by Gasteiger charge is -2.35. The van der Waals surface area contributed by atoms with Crippen LogP contribution in [0.4, 0.5) is 0 Å². The van der Waals surface area contributed by atoms with Crippen molar-refractivity contribution in [3.8, 4) is 0 Å². The van der Waals surface area contributed by atoms with Crippen LogP contribution in [0, 0.1) is 5.92 Å². The molecule has 3 heteroatoms. The fourth-order valence-corrected chi connectivity index (χ4v) is 4.14. The summed E-state index contributed by atoms with van der Waals surface area (Å²) >= 11 is 0. The highest BCUT2D eigenvalue weighted by Gasteiger charge is 2.29. The summed E-state index contributed by atoms with van der Waals surface area (Å²) in [7, 11) is 5.74. The number of hydrogen-bond donors (Lipinski definition) is 0. The van der Waals surface area contributed by atoms with Crippen molar-refractivity contribution in [3.05, 3.63) is 76.9 Å². The zero-order chi connectivity index (χ0) is 19.2. The number of ether oxygens (including phenoxy) is 1. The van der Waals surface area contributed by atoms with Crippen molar-refractivity contribution >= 4 is 12.0 Å². The summed E-state index contributed by atoms with van der Waals surface area (Å²) < 4.78 is 4.84. The molecule has 1 aliphatic carbocycles. The molecule has 0 bridgehead atoms. The number of methoxy groups -OCH3 is 1. The van der Waals surface area contributed by atoms with Gasteiger partial charge in [0.15, 0.2) is 0 Å². The van der Waals surface area contributed by atoms with Crippen LogP contribution in [0.15, 0.2) is 60.2 Å². The Balaban J connectivity index is 1.84. The van der Waals surface area contributed by atoms with Gasteiger partial charge in [0.2, 0.25) is 0 Å². The van der Waals surface area contributed by atoms with Gasteiger partial charge in [0.05, 0.1) is 12.7 Å². The van der Waals surface area contributed by atoms with Crippen LogP contribution in [0.25, 0.3) is 6.08 Å². The molecule has 2 atom stereocenters. The molecule has 142 valence electrons. The second-order valence-electron chi connectivity index (χ2n) is 7.70.